The summed E-state index contributed by atoms with van der Waals surface area (Å²) in [5, 5.41) is 2.97. The molecule has 4 heteroatoms. The van der Waals surface area contributed by atoms with Crippen molar-refractivity contribution < 1.29 is 0 Å². The van der Waals surface area contributed by atoms with Gasteiger partial charge in [0.15, 0.2) is 0 Å². The normalized spacial score (nSPS) is 14.8. The Balaban J connectivity index is 4.10. The van der Waals surface area contributed by atoms with Crippen molar-refractivity contribution in [2.24, 2.45) is 5.73 Å². The van der Waals surface area contributed by atoms with Crippen LogP contribution in [0.15, 0.2) is 23.1 Å². The van der Waals surface area contributed by atoms with Crippen molar-refractivity contribution in [3.05, 3.63) is 23.1 Å². The largest absolute Gasteiger partial charge is 0.405 e. The number of hydrogen-bond donors (Lipinski definition) is 2. The third kappa shape index (κ3) is 4.28. The molecule has 1 unspecified atom stereocenters. The molecule has 0 heterocycles. The van der Waals surface area contributed by atoms with Gasteiger partial charge in [-0.1, -0.05) is 0 Å². The Morgan fingerprint density at radius 1 is 1.67 bits per heavy atom. The molecular weight excluding hydrogens is 218 g/mol. The van der Waals surface area contributed by atoms with Crippen molar-refractivity contribution in [2.75, 3.05) is 14.1 Å². The summed E-state index contributed by atoms with van der Waals surface area (Å²) in [5.41, 5.74) is 5.28. The number of nitrogens with two attached hydrogens (primary N) is 1. The highest BCUT2D eigenvalue weighted by molar-refractivity contribution is 9.11. The molecule has 1 atom stereocenters. The molecule has 0 aliphatic heterocycles. The number of rotatable bonds is 4. The van der Waals surface area contributed by atoms with Gasteiger partial charge in [0, 0.05) is 26.3 Å². The lowest BCUT2D eigenvalue weighted by atomic mass is 10.3. The predicted octanol–water partition coefficient (Wildman–Crippen LogP) is 1.19. The molecule has 0 bridgehead atoms. The molecule has 0 saturated heterocycles. The second-order valence-corrected chi connectivity index (χ2v) is 3.37. The van der Waals surface area contributed by atoms with E-state index in [1.807, 2.05) is 31.3 Å². The van der Waals surface area contributed by atoms with Crippen LogP contribution >= 0.6 is 15.9 Å². The van der Waals surface area contributed by atoms with Gasteiger partial charge in [0.1, 0.15) is 0 Å². The van der Waals surface area contributed by atoms with Crippen LogP contribution in [-0.4, -0.2) is 25.0 Å². The van der Waals surface area contributed by atoms with Gasteiger partial charge >= 0.3 is 0 Å². The van der Waals surface area contributed by atoms with E-state index in [2.05, 4.69) is 28.2 Å². The smallest absolute Gasteiger partial charge is 0.0938 e. The first kappa shape index (κ1) is 11.4. The summed E-state index contributed by atoms with van der Waals surface area (Å²) in [6, 6.07) is 0.302. The topological polar surface area (TPSA) is 41.3 Å². The molecule has 0 aromatic rings. The van der Waals surface area contributed by atoms with Crippen LogP contribution in [0.1, 0.15) is 6.92 Å². The monoisotopic (exact) mass is 233 g/mol. The number of halogens is 1. The zero-order valence-corrected chi connectivity index (χ0v) is 9.30. The number of hydrogen-bond acceptors (Lipinski definition) is 3. The third-order valence-corrected chi connectivity index (χ3v) is 2.19. The van der Waals surface area contributed by atoms with E-state index < -0.39 is 0 Å². The first-order valence-corrected chi connectivity index (χ1v) is 4.56. The maximum absolute atomic E-state index is 5.28. The molecule has 12 heavy (non-hydrogen) atoms. The van der Waals surface area contributed by atoms with E-state index in [4.69, 9.17) is 5.73 Å². The second kappa shape index (κ2) is 5.94. The summed E-state index contributed by atoms with van der Waals surface area (Å²) >= 11 is 3.35. The highest BCUT2D eigenvalue weighted by Crippen LogP contribution is 2.04. The van der Waals surface area contributed by atoms with Crippen LogP contribution in [0.25, 0.3) is 0 Å². The molecule has 0 aliphatic carbocycles. The summed E-state index contributed by atoms with van der Waals surface area (Å²) in [6.45, 7) is 2.07. The van der Waals surface area contributed by atoms with E-state index in [0.717, 1.165) is 4.61 Å². The maximum Gasteiger partial charge on any atom is 0.0938 e. The Hall–Kier alpha value is -0.640. The Labute approximate surface area is 82.4 Å². The predicted molar refractivity (Wildman–Crippen MR) is 56.6 cm³/mol. The van der Waals surface area contributed by atoms with Crippen molar-refractivity contribution in [3.63, 3.8) is 0 Å². The van der Waals surface area contributed by atoms with Gasteiger partial charge in [-0.15, -0.1) is 0 Å². The fraction of sp³-hybridized carbons (Fsp3) is 0.500. The van der Waals surface area contributed by atoms with Crippen molar-refractivity contribution in [1.29, 1.82) is 0 Å². The number of nitrogens with one attached hydrogen (secondary N) is 1. The minimum Gasteiger partial charge on any atom is -0.405 e. The Kier molecular flexibility index (Phi) is 5.62. The minimum absolute atomic E-state index is 0.302. The van der Waals surface area contributed by atoms with Gasteiger partial charge in [0.25, 0.3) is 0 Å². The van der Waals surface area contributed by atoms with Crippen LogP contribution in [0, 0.1) is 0 Å². The lowest BCUT2D eigenvalue weighted by molar-refractivity contribution is 0.405. The first-order chi connectivity index (χ1) is 5.61. The molecule has 0 saturated carbocycles. The zero-order valence-electron chi connectivity index (χ0n) is 7.71. The van der Waals surface area contributed by atoms with Gasteiger partial charge < -0.3 is 16.0 Å². The van der Waals surface area contributed by atoms with Crippen molar-refractivity contribution >= 4 is 15.9 Å². The molecule has 3 N–H and O–H groups in total. The van der Waals surface area contributed by atoms with Crippen LogP contribution in [0.4, 0.5) is 0 Å². The SMILES string of the molecule is CN/C(Br)=C\N(C)C(C)/C=C/N. The summed E-state index contributed by atoms with van der Waals surface area (Å²) in [4.78, 5) is 2.05. The van der Waals surface area contributed by atoms with Gasteiger partial charge in [-0.25, -0.2) is 0 Å². The molecule has 0 aromatic carbocycles. The highest BCUT2D eigenvalue weighted by Gasteiger charge is 2.00. The molecule has 0 fully saturated rings. The van der Waals surface area contributed by atoms with Crippen molar-refractivity contribution in [1.82, 2.24) is 10.2 Å². The minimum atomic E-state index is 0.302. The standard InChI is InChI=1S/C8H16BrN3/c1-7(4-5-10)12(3)6-8(9)11-2/h4-7,11H,10H2,1-3H3/b5-4+,8-6-. The fourth-order valence-electron chi connectivity index (χ4n) is 0.657. The second-order valence-electron chi connectivity index (χ2n) is 2.52. The van der Waals surface area contributed by atoms with Crippen LogP contribution in [0.2, 0.25) is 0 Å². The zero-order chi connectivity index (χ0) is 9.56. The summed E-state index contributed by atoms with van der Waals surface area (Å²) < 4.78 is 0.947. The van der Waals surface area contributed by atoms with E-state index in [-0.39, 0.29) is 0 Å². The van der Waals surface area contributed by atoms with Crippen LogP contribution in [0.5, 0.6) is 0 Å². The fourth-order valence-corrected chi connectivity index (χ4v) is 0.980. The van der Waals surface area contributed by atoms with Gasteiger partial charge in [-0.3, -0.25) is 0 Å². The molecule has 70 valence electrons. The number of likely N-dealkylation sites (N-methyl/N-ethyl adjacent to an activating group) is 1. The quantitative estimate of drug-likeness (QED) is 0.718. The van der Waals surface area contributed by atoms with E-state index in [1.54, 1.807) is 6.20 Å². The average molecular weight is 234 g/mol. The lowest BCUT2D eigenvalue weighted by Gasteiger charge is -2.20. The van der Waals surface area contributed by atoms with Crippen molar-refractivity contribution in [3.8, 4) is 0 Å². The van der Waals surface area contributed by atoms with Gasteiger partial charge in [-0.2, -0.15) is 0 Å². The highest BCUT2D eigenvalue weighted by atomic mass is 79.9. The molecule has 0 spiro atoms. The molecular formula is C8H16BrN3. The molecule has 0 rings (SSSR count). The Bertz CT molecular complexity index is 177. The van der Waals surface area contributed by atoms with Gasteiger partial charge in [0.05, 0.1) is 4.61 Å². The van der Waals surface area contributed by atoms with Gasteiger partial charge in [-0.05, 0) is 35.1 Å². The third-order valence-electron chi connectivity index (χ3n) is 1.59. The summed E-state index contributed by atoms with van der Waals surface area (Å²) in [7, 11) is 3.85. The van der Waals surface area contributed by atoms with Crippen molar-refractivity contribution in [2.45, 2.75) is 13.0 Å². The summed E-state index contributed by atoms with van der Waals surface area (Å²) in [6.07, 6.45) is 5.44. The molecule has 0 aliphatic rings. The number of nitrogens with zero attached hydrogens (tertiary/aromatic N) is 1. The van der Waals surface area contributed by atoms with Gasteiger partial charge in [0.2, 0.25) is 0 Å². The lowest BCUT2D eigenvalue weighted by Crippen LogP contribution is -2.23. The first-order valence-electron chi connectivity index (χ1n) is 3.77. The Morgan fingerprint density at radius 3 is 2.67 bits per heavy atom. The van der Waals surface area contributed by atoms with E-state index >= 15 is 0 Å². The Morgan fingerprint density at radius 2 is 2.25 bits per heavy atom. The molecule has 0 aromatic heterocycles. The van der Waals surface area contributed by atoms with E-state index in [0.29, 0.717) is 6.04 Å². The molecule has 0 radical (unpaired) electrons. The molecule has 3 nitrogen and oxygen atoms in total. The van der Waals surface area contributed by atoms with Crippen LogP contribution in [-0.2, 0) is 0 Å². The maximum atomic E-state index is 5.28. The molecule has 0 amide bonds. The van der Waals surface area contributed by atoms with E-state index in [1.165, 1.54) is 0 Å². The van der Waals surface area contributed by atoms with Crippen LogP contribution < -0.4 is 11.1 Å². The average Bonchev–Trinajstić information content (AvgIpc) is 2.04. The van der Waals surface area contributed by atoms with E-state index in [9.17, 15) is 0 Å². The van der Waals surface area contributed by atoms with Crippen LogP contribution in [0.3, 0.4) is 0 Å². The summed E-state index contributed by atoms with van der Waals surface area (Å²) in [5.74, 6) is 0.